The van der Waals surface area contributed by atoms with Gasteiger partial charge in [0, 0.05) is 17.4 Å². The topological polar surface area (TPSA) is 111 Å². The van der Waals surface area contributed by atoms with E-state index in [1.165, 1.54) is 0 Å². The van der Waals surface area contributed by atoms with Gasteiger partial charge in [0.1, 0.15) is 11.9 Å². The van der Waals surface area contributed by atoms with Crippen LogP contribution >= 0.6 is 0 Å². The number of carbonyl (C=O) groups excluding carboxylic acids is 1. The van der Waals surface area contributed by atoms with Gasteiger partial charge in [-0.2, -0.15) is 4.57 Å². The summed E-state index contributed by atoms with van der Waals surface area (Å²) in [4.78, 5) is 16.3. The molecular weight excluding hydrogens is 380 g/mol. The number of ether oxygens (including phenoxy) is 1. The zero-order chi connectivity index (χ0) is 21.3. The molecule has 1 unspecified atom stereocenters. The van der Waals surface area contributed by atoms with Crippen molar-refractivity contribution < 1.29 is 14.1 Å². The first-order valence-electron chi connectivity index (χ1n) is 10.8. The van der Waals surface area contributed by atoms with Crippen LogP contribution in [0.5, 0.6) is 0 Å². The van der Waals surface area contributed by atoms with E-state index in [1.807, 2.05) is 0 Å². The molecule has 4 rings (SSSR count). The highest BCUT2D eigenvalue weighted by molar-refractivity contribution is 5.76. The third kappa shape index (κ3) is 4.28. The molecule has 1 saturated carbocycles. The molecule has 30 heavy (non-hydrogen) atoms. The molecule has 2 aliphatic rings. The molecule has 3 atom stereocenters. The smallest absolute Gasteiger partial charge is 0.323 e. The van der Waals surface area contributed by atoms with Crippen LogP contribution < -0.4 is 10.3 Å². The number of H-pyrrole nitrogens is 1. The van der Waals surface area contributed by atoms with Crippen LogP contribution in [0, 0.1) is 11.8 Å². The summed E-state index contributed by atoms with van der Waals surface area (Å²) in [7, 11) is 0. The van der Waals surface area contributed by atoms with Crippen molar-refractivity contribution in [2.24, 2.45) is 17.6 Å². The molecule has 3 N–H and O–H groups in total. The Balaban J connectivity index is 1.58. The van der Waals surface area contributed by atoms with Gasteiger partial charge < -0.3 is 10.5 Å². The number of fused-ring (bicyclic) bond motifs is 1. The molecule has 0 saturated heterocycles. The largest absolute Gasteiger partial charge is 0.369 e. The van der Waals surface area contributed by atoms with E-state index in [-0.39, 0.29) is 23.5 Å². The second-order valence-electron chi connectivity index (χ2n) is 9.02. The minimum atomic E-state index is -0.191. The summed E-state index contributed by atoms with van der Waals surface area (Å²) in [6.45, 7) is 6.38. The highest BCUT2D eigenvalue weighted by Gasteiger charge is 2.32. The monoisotopic (exact) mass is 411 g/mol. The first-order valence-corrected chi connectivity index (χ1v) is 10.8. The Kier molecular flexibility index (Phi) is 5.69. The van der Waals surface area contributed by atoms with Crippen LogP contribution in [0.3, 0.4) is 0 Å². The number of primary amides is 1. The van der Waals surface area contributed by atoms with E-state index in [0.717, 1.165) is 61.2 Å². The van der Waals surface area contributed by atoms with Crippen LogP contribution in [0.4, 0.5) is 0 Å². The van der Waals surface area contributed by atoms with E-state index < -0.39 is 0 Å². The standard InChI is InChI=1S/C22H30N6O2/c1-4-22(2,3)30-17-9-7-16(8-10-17)28-19(24-13-18-21(28)26-27-25-18)12-14-5-6-15(11-14)20(23)29/h7-9,13-15,17H,4-6,10-12H2,1-3H3,(H2,23,29)/p+1/t14-,15-,17?/m1/s1. The first kappa shape index (κ1) is 20.7. The van der Waals surface area contributed by atoms with E-state index in [1.54, 1.807) is 6.20 Å². The van der Waals surface area contributed by atoms with Crippen molar-refractivity contribution in [2.45, 2.75) is 71.0 Å². The van der Waals surface area contributed by atoms with Crippen molar-refractivity contribution >= 4 is 22.8 Å². The minimum Gasteiger partial charge on any atom is -0.369 e. The average molecular weight is 412 g/mol. The Labute approximate surface area is 176 Å². The number of aromatic amines is 1. The summed E-state index contributed by atoms with van der Waals surface area (Å²) in [6.07, 6.45) is 13.4. The maximum absolute atomic E-state index is 11.6. The summed E-state index contributed by atoms with van der Waals surface area (Å²) in [6, 6.07) is 0. The lowest BCUT2D eigenvalue weighted by Crippen LogP contribution is -2.41. The number of nitrogens with two attached hydrogens (primary N) is 1. The molecule has 8 heteroatoms. The SMILES string of the molecule is CCC(C)(C)OC1C=CC([n+]2c(C[C@@H]3CC[C@@H](C(N)=O)C3)ncc3n[nH]nc32)=CC1. The molecule has 2 aliphatic carbocycles. The van der Waals surface area contributed by atoms with Crippen molar-refractivity contribution in [3.05, 3.63) is 30.2 Å². The average Bonchev–Trinajstić information content (AvgIpc) is 3.38. The van der Waals surface area contributed by atoms with Crippen LogP contribution in [-0.4, -0.2) is 38.0 Å². The quantitative estimate of drug-likeness (QED) is 0.680. The van der Waals surface area contributed by atoms with E-state index >= 15 is 0 Å². The lowest BCUT2D eigenvalue weighted by atomic mass is 10.0. The molecule has 8 nitrogen and oxygen atoms in total. The van der Waals surface area contributed by atoms with Crippen molar-refractivity contribution in [2.75, 3.05) is 0 Å². The number of rotatable bonds is 7. The highest BCUT2D eigenvalue weighted by Crippen LogP contribution is 2.32. The van der Waals surface area contributed by atoms with Crippen LogP contribution in [0.2, 0.25) is 0 Å². The number of allylic oxidation sites excluding steroid dienone is 2. The Morgan fingerprint density at radius 3 is 2.87 bits per heavy atom. The van der Waals surface area contributed by atoms with Crippen molar-refractivity contribution in [3.8, 4) is 0 Å². The van der Waals surface area contributed by atoms with E-state index in [4.69, 9.17) is 15.5 Å². The van der Waals surface area contributed by atoms with Crippen LogP contribution in [0.15, 0.2) is 24.4 Å². The molecule has 0 bridgehead atoms. The lowest BCUT2D eigenvalue weighted by Gasteiger charge is -2.29. The molecule has 0 spiro atoms. The maximum Gasteiger partial charge on any atom is 0.323 e. The molecule has 160 valence electrons. The lowest BCUT2D eigenvalue weighted by molar-refractivity contribution is -0.565. The maximum atomic E-state index is 11.6. The molecule has 0 aliphatic heterocycles. The molecule has 1 fully saturated rings. The fraction of sp³-hybridized carbons (Fsp3) is 0.591. The fourth-order valence-corrected chi connectivity index (χ4v) is 4.33. The van der Waals surface area contributed by atoms with Gasteiger partial charge >= 0.3 is 5.65 Å². The minimum absolute atomic E-state index is 0.0205. The van der Waals surface area contributed by atoms with Crippen LogP contribution in [-0.2, 0) is 16.0 Å². The number of nitrogens with zero attached hydrogens (tertiary/aromatic N) is 4. The summed E-state index contributed by atoms with van der Waals surface area (Å²) >= 11 is 0. The Bertz CT molecular complexity index is 993. The number of hydrogen-bond donors (Lipinski definition) is 2. The zero-order valence-corrected chi connectivity index (χ0v) is 18.0. The molecular formula is C22H31N6O2+. The number of carbonyl (C=O) groups is 1. The zero-order valence-electron chi connectivity index (χ0n) is 18.0. The van der Waals surface area contributed by atoms with Gasteiger partial charge in [0.05, 0.1) is 11.7 Å². The van der Waals surface area contributed by atoms with Gasteiger partial charge in [-0.1, -0.05) is 13.0 Å². The predicted octanol–water partition coefficient (Wildman–Crippen LogP) is 2.46. The van der Waals surface area contributed by atoms with Gasteiger partial charge in [0.2, 0.25) is 11.7 Å². The fourth-order valence-electron chi connectivity index (χ4n) is 4.33. The molecule has 1 amide bonds. The second-order valence-corrected chi connectivity index (χ2v) is 9.02. The molecule has 2 aromatic heterocycles. The van der Waals surface area contributed by atoms with Gasteiger partial charge in [-0.05, 0) is 64.0 Å². The summed E-state index contributed by atoms with van der Waals surface area (Å²) in [5.74, 6) is 1.10. The third-order valence-electron chi connectivity index (χ3n) is 6.40. The Morgan fingerprint density at radius 1 is 1.37 bits per heavy atom. The number of hydrogen-bond acceptors (Lipinski definition) is 5. The number of amides is 1. The summed E-state index contributed by atoms with van der Waals surface area (Å²) in [5, 5.41) is 11.3. The Morgan fingerprint density at radius 2 is 2.20 bits per heavy atom. The van der Waals surface area contributed by atoms with Gasteiger partial charge in [0.15, 0.2) is 5.52 Å². The highest BCUT2D eigenvalue weighted by atomic mass is 16.5. The van der Waals surface area contributed by atoms with Crippen molar-refractivity contribution in [1.82, 2.24) is 20.4 Å². The molecule has 0 aromatic carbocycles. The summed E-state index contributed by atoms with van der Waals surface area (Å²) < 4.78 is 8.30. The van der Waals surface area contributed by atoms with E-state index in [0.29, 0.717) is 5.92 Å². The first-order chi connectivity index (χ1) is 14.4. The normalized spacial score (nSPS) is 24.4. The molecule has 2 aromatic rings. The molecule has 2 heterocycles. The van der Waals surface area contributed by atoms with Crippen molar-refractivity contribution in [1.29, 1.82) is 0 Å². The number of nitrogens with one attached hydrogen (secondary N) is 1. The third-order valence-corrected chi connectivity index (χ3v) is 6.40. The Hall–Kier alpha value is -2.61. The van der Waals surface area contributed by atoms with E-state index in [2.05, 4.69) is 59.0 Å². The second kappa shape index (κ2) is 8.26. The number of aromatic nitrogens is 5. The summed E-state index contributed by atoms with van der Waals surface area (Å²) in [5.41, 5.74) is 7.87. The molecule has 0 radical (unpaired) electrons. The van der Waals surface area contributed by atoms with Crippen LogP contribution in [0.25, 0.3) is 16.9 Å². The van der Waals surface area contributed by atoms with Gasteiger partial charge in [-0.25, -0.2) is 0 Å². The van der Waals surface area contributed by atoms with Crippen LogP contribution in [0.1, 0.15) is 58.7 Å². The van der Waals surface area contributed by atoms with Gasteiger partial charge in [-0.15, -0.1) is 15.3 Å². The predicted molar refractivity (Wildman–Crippen MR) is 113 cm³/mol. The van der Waals surface area contributed by atoms with Crippen molar-refractivity contribution in [3.63, 3.8) is 0 Å². The van der Waals surface area contributed by atoms with Gasteiger partial charge in [-0.3, -0.25) is 4.79 Å². The van der Waals surface area contributed by atoms with Gasteiger partial charge in [0.25, 0.3) is 0 Å². The van der Waals surface area contributed by atoms with E-state index in [9.17, 15) is 4.79 Å².